The lowest BCUT2D eigenvalue weighted by atomic mass is 9.98. The van der Waals surface area contributed by atoms with E-state index >= 15 is 0 Å². The van der Waals surface area contributed by atoms with Crippen molar-refractivity contribution in [3.8, 4) is 0 Å². The number of likely N-dealkylation sites (N-methyl/N-ethyl adjacent to an activating group) is 1. The average molecular weight is 318 g/mol. The molecule has 1 saturated heterocycles. The molecule has 1 aliphatic rings. The number of carbonyl (C=O) groups is 1. The quantitative estimate of drug-likeness (QED) is 0.800. The van der Waals surface area contributed by atoms with Gasteiger partial charge < -0.3 is 10.0 Å². The first-order valence-electron chi connectivity index (χ1n) is 8.73. The summed E-state index contributed by atoms with van der Waals surface area (Å²) in [6.07, 6.45) is 4.53. The van der Waals surface area contributed by atoms with Gasteiger partial charge in [-0.2, -0.15) is 0 Å². The number of nitrogens with zero attached hydrogens (tertiary/aromatic N) is 2. The molecule has 1 atom stereocenters. The second kappa shape index (κ2) is 9.04. The molecule has 128 valence electrons. The molecular weight excluding hydrogens is 288 g/mol. The maximum absolute atomic E-state index is 10.8. The van der Waals surface area contributed by atoms with Crippen LogP contribution in [0.15, 0.2) is 30.3 Å². The molecule has 0 saturated carbocycles. The van der Waals surface area contributed by atoms with Gasteiger partial charge in [0.15, 0.2) is 0 Å². The molecule has 1 heterocycles. The maximum Gasteiger partial charge on any atom is 0.317 e. The minimum absolute atomic E-state index is 0.151. The number of benzene rings is 1. The van der Waals surface area contributed by atoms with E-state index in [1.807, 2.05) is 11.9 Å². The first-order valence-corrected chi connectivity index (χ1v) is 8.73. The largest absolute Gasteiger partial charge is 0.480 e. The Bertz CT molecular complexity index is 470. The van der Waals surface area contributed by atoms with Crippen molar-refractivity contribution in [2.45, 2.75) is 38.6 Å². The van der Waals surface area contributed by atoms with E-state index in [9.17, 15) is 4.79 Å². The highest BCUT2D eigenvalue weighted by molar-refractivity contribution is 5.69. The van der Waals surface area contributed by atoms with E-state index in [1.165, 1.54) is 12.0 Å². The number of carboxylic acids is 1. The highest BCUT2D eigenvalue weighted by Crippen LogP contribution is 2.18. The minimum atomic E-state index is -0.732. The third kappa shape index (κ3) is 6.32. The molecule has 1 aromatic rings. The predicted molar refractivity (Wildman–Crippen MR) is 93.7 cm³/mol. The molecule has 4 heteroatoms. The molecule has 0 aromatic heterocycles. The van der Waals surface area contributed by atoms with Crippen LogP contribution < -0.4 is 0 Å². The summed E-state index contributed by atoms with van der Waals surface area (Å²) in [7, 11) is 1.93. The van der Waals surface area contributed by atoms with Gasteiger partial charge in [0.05, 0.1) is 6.54 Å². The Morgan fingerprint density at radius 1 is 1.30 bits per heavy atom. The smallest absolute Gasteiger partial charge is 0.317 e. The van der Waals surface area contributed by atoms with Gasteiger partial charge in [-0.05, 0) is 57.3 Å². The zero-order valence-corrected chi connectivity index (χ0v) is 14.4. The van der Waals surface area contributed by atoms with Crippen LogP contribution in [0.1, 0.15) is 31.7 Å². The molecule has 1 aliphatic heterocycles. The Hall–Kier alpha value is -1.39. The Kier molecular flexibility index (Phi) is 7.06. The van der Waals surface area contributed by atoms with E-state index in [-0.39, 0.29) is 6.54 Å². The topological polar surface area (TPSA) is 43.8 Å². The monoisotopic (exact) mass is 318 g/mol. The third-order valence-electron chi connectivity index (χ3n) is 4.90. The summed E-state index contributed by atoms with van der Waals surface area (Å²) < 4.78 is 0. The number of carboxylic acid groups (broad SMARTS) is 1. The van der Waals surface area contributed by atoms with Crippen molar-refractivity contribution in [1.29, 1.82) is 0 Å². The highest BCUT2D eigenvalue weighted by Gasteiger charge is 2.24. The zero-order valence-electron chi connectivity index (χ0n) is 14.4. The van der Waals surface area contributed by atoms with Crippen molar-refractivity contribution in [3.05, 3.63) is 35.9 Å². The van der Waals surface area contributed by atoms with Crippen LogP contribution in [0.2, 0.25) is 0 Å². The Morgan fingerprint density at radius 3 is 2.57 bits per heavy atom. The Balaban J connectivity index is 1.66. The summed E-state index contributed by atoms with van der Waals surface area (Å²) in [4.78, 5) is 15.3. The predicted octanol–water partition coefficient (Wildman–Crippen LogP) is 2.74. The normalized spacial score (nSPS) is 18.2. The lowest BCUT2D eigenvalue weighted by Gasteiger charge is -2.37. The fourth-order valence-corrected chi connectivity index (χ4v) is 3.47. The van der Waals surface area contributed by atoms with Crippen LogP contribution in [0.3, 0.4) is 0 Å². The van der Waals surface area contributed by atoms with Gasteiger partial charge in [-0.15, -0.1) is 0 Å². The van der Waals surface area contributed by atoms with Crippen LogP contribution >= 0.6 is 0 Å². The number of hydrogen-bond donors (Lipinski definition) is 1. The number of hydrogen-bond acceptors (Lipinski definition) is 3. The molecule has 1 aromatic carbocycles. The van der Waals surface area contributed by atoms with Crippen molar-refractivity contribution in [2.75, 3.05) is 33.2 Å². The van der Waals surface area contributed by atoms with Crippen LogP contribution in [0, 0.1) is 5.92 Å². The second-order valence-corrected chi connectivity index (χ2v) is 6.97. The zero-order chi connectivity index (χ0) is 16.7. The van der Waals surface area contributed by atoms with E-state index in [1.54, 1.807) is 0 Å². The molecule has 1 unspecified atom stereocenters. The first-order chi connectivity index (χ1) is 11.0. The SMILES string of the molecule is CC(CCc1ccccc1)CN1CCC(N(C)CC(=O)O)CC1. The highest BCUT2D eigenvalue weighted by atomic mass is 16.4. The van der Waals surface area contributed by atoms with Crippen LogP contribution in [0.5, 0.6) is 0 Å². The van der Waals surface area contributed by atoms with Crippen molar-refractivity contribution in [3.63, 3.8) is 0 Å². The van der Waals surface area contributed by atoms with Gasteiger partial charge in [0.25, 0.3) is 0 Å². The minimum Gasteiger partial charge on any atom is -0.480 e. The van der Waals surface area contributed by atoms with Crippen molar-refractivity contribution < 1.29 is 9.90 Å². The van der Waals surface area contributed by atoms with E-state index in [4.69, 9.17) is 5.11 Å². The van der Waals surface area contributed by atoms with E-state index in [0.717, 1.165) is 38.9 Å². The standard InChI is InChI=1S/C19H30N2O2/c1-16(8-9-17-6-4-3-5-7-17)14-21-12-10-18(11-13-21)20(2)15-19(22)23/h3-7,16,18H,8-15H2,1-2H3,(H,22,23). The Morgan fingerprint density at radius 2 is 1.96 bits per heavy atom. The van der Waals surface area contributed by atoms with Gasteiger partial charge in [-0.3, -0.25) is 9.69 Å². The molecule has 1 N–H and O–H groups in total. The van der Waals surface area contributed by atoms with Crippen molar-refractivity contribution >= 4 is 5.97 Å². The summed E-state index contributed by atoms with van der Waals surface area (Å²) >= 11 is 0. The van der Waals surface area contributed by atoms with Crippen molar-refractivity contribution in [2.24, 2.45) is 5.92 Å². The molecule has 4 nitrogen and oxygen atoms in total. The third-order valence-corrected chi connectivity index (χ3v) is 4.90. The molecule has 0 radical (unpaired) electrons. The van der Waals surface area contributed by atoms with Gasteiger partial charge in [0, 0.05) is 12.6 Å². The summed E-state index contributed by atoms with van der Waals surface area (Å²) in [5, 5.41) is 8.89. The molecule has 1 fully saturated rings. The number of piperidine rings is 1. The molecule has 0 spiro atoms. The number of aliphatic carboxylic acids is 1. The summed E-state index contributed by atoms with van der Waals surface area (Å²) in [6.45, 7) is 5.82. The van der Waals surface area contributed by atoms with Crippen LogP contribution in [0.4, 0.5) is 0 Å². The Labute approximate surface area is 140 Å². The fourth-order valence-electron chi connectivity index (χ4n) is 3.47. The molecule has 2 rings (SSSR count). The van der Waals surface area contributed by atoms with Crippen molar-refractivity contribution in [1.82, 2.24) is 9.80 Å². The molecule has 0 amide bonds. The van der Waals surface area contributed by atoms with Gasteiger partial charge in [-0.25, -0.2) is 0 Å². The van der Waals surface area contributed by atoms with Crippen LogP contribution in [0.25, 0.3) is 0 Å². The second-order valence-electron chi connectivity index (χ2n) is 6.97. The average Bonchev–Trinajstić information content (AvgIpc) is 2.54. The lowest BCUT2D eigenvalue weighted by Crippen LogP contribution is -2.45. The van der Waals surface area contributed by atoms with Gasteiger partial charge in [0.2, 0.25) is 0 Å². The number of rotatable bonds is 8. The van der Waals surface area contributed by atoms with E-state index in [0.29, 0.717) is 12.0 Å². The number of likely N-dealkylation sites (tertiary alicyclic amines) is 1. The summed E-state index contributed by atoms with van der Waals surface area (Å²) in [6, 6.07) is 11.1. The van der Waals surface area contributed by atoms with Crippen LogP contribution in [-0.4, -0.2) is 60.1 Å². The molecule has 23 heavy (non-hydrogen) atoms. The van der Waals surface area contributed by atoms with E-state index < -0.39 is 5.97 Å². The van der Waals surface area contributed by atoms with Gasteiger partial charge in [-0.1, -0.05) is 37.3 Å². The first kappa shape index (κ1) is 18.0. The van der Waals surface area contributed by atoms with Gasteiger partial charge >= 0.3 is 5.97 Å². The number of aryl methyl sites for hydroxylation is 1. The lowest BCUT2D eigenvalue weighted by molar-refractivity contribution is -0.138. The van der Waals surface area contributed by atoms with E-state index in [2.05, 4.69) is 42.2 Å². The fraction of sp³-hybridized carbons (Fsp3) is 0.632. The van der Waals surface area contributed by atoms with Gasteiger partial charge in [0.1, 0.15) is 0 Å². The molecule has 0 aliphatic carbocycles. The summed E-state index contributed by atoms with van der Waals surface area (Å²) in [5.74, 6) is -0.0343. The molecular formula is C19H30N2O2. The van der Waals surface area contributed by atoms with Crippen LogP contribution in [-0.2, 0) is 11.2 Å². The summed E-state index contributed by atoms with van der Waals surface area (Å²) in [5.41, 5.74) is 1.42. The molecule has 0 bridgehead atoms. The maximum atomic E-state index is 10.8.